The molecule has 0 saturated heterocycles. The van der Waals surface area contributed by atoms with Crippen LogP contribution in [0.1, 0.15) is 40.0 Å². The molecule has 74 heavy (non-hydrogen) atoms. The minimum absolute atomic E-state index is 0.0671. The SMILES string of the molecule is CCCOc1ccc(F)c2c(=O)c(-c3cncnc3)cn(COP(=O)(OCn3cc(-c4cncnc4)c(=O)c4c(F)ccc(OCCC)c43)OCn3cc(-c4cncnc4)c(=O)c4c(F)ccc(OCCC)c43)c12. The fraction of sp³-hybridized carbons (Fsp3) is 0.235. The minimum Gasteiger partial charge on any atom is -0.491 e. The number of phosphoric acid groups is 1. The van der Waals surface area contributed by atoms with E-state index >= 15 is 17.7 Å². The highest BCUT2D eigenvalue weighted by atomic mass is 31.2. The Bertz CT molecular complexity index is 3370. The van der Waals surface area contributed by atoms with Crippen LogP contribution in [-0.4, -0.2) is 63.4 Å². The monoisotopic (exact) mass is 1030 g/mol. The van der Waals surface area contributed by atoms with Gasteiger partial charge in [0.2, 0.25) is 0 Å². The second kappa shape index (κ2) is 22.3. The lowest BCUT2D eigenvalue weighted by Crippen LogP contribution is -2.19. The van der Waals surface area contributed by atoms with Gasteiger partial charge in [-0.1, -0.05) is 20.8 Å². The van der Waals surface area contributed by atoms with E-state index in [1.807, 2.05) is 20.8 Å². The topological polar surface area (TPSA) is 216 Å². The molecule has 0 unspecified atom stereocenters. The van der Waals surface area contributed by atoms with Crippen LogP contribution in [0.15, 0.2) is 126 Å². The number of halogens is 3. The van der Waals surface area contributed by atoms with Crippen molar-refractivity contribution >= 4 is 40.5 Å². The second-order valence-electron chi connectivity index (χ2n) is 16.5. The summed E-state index contributed by atoms with van der Waals surface area (Å²) in [6.45, 7) is 3.66. The van der Waals surface area contributed by atoms with Crippen molar-refractivity contribution in [3.8, 4) is 50.6 Å². The molecule has 0 N–H and O–H groups in total. The van der Waals surface area contributed by atoms with Crippen molar-refractivity contribution in [1.29, 1.82) is 0 Å². The van der Waals surface area contributed by atoms with Gasteiger partial charge in [-0.25, -0.2) is 47.6 Å². The normalized spacial score (nSPS) is 11.7. The van der Waals surface area contributed by atoms with Crippen molar-refractivity contribution in [3.63, 3.8) is 0 Å². The zero-order valence-electron chi connectivity index (χ0n) is 39.9. The number of phosphoric ester groups is 1. The highest BCUT2D eigenvalue weighted by molar-refractivity contribution is 7.48. The number of aromatic nitrogens is 9. The van der Waals surface area contributed by atoms with Crippen molar-refractivity contribution in [3.05, 3.63) is 159 Å². The van der Waals surface area contributed by atoms with Gasteiger partial charge in [0.25, 0.3) is 0 Å². The van der Waals surface area contributed by atoms with Crippen LogP contribution in [0, 0.1) is 17.5 Å². The van der Waals surface area contributed by atoms with Gasteiger partial charge in [-0.2, -0.15) is 0 Å². The van der Waals surface area contributed by atoms with Crippen LogP contribution >= 0.6 is 7.82 Å². The molecule has 0 saturated carbocycles. The van der Waals surface area contributed by atoms with Gasteiger partial charge in [-0.15, -0.1) is 0 Å². The maximum atomic E-state index is 16.0. The van der Waals surface area contributed by atoms with E-state index < -0.39 is 77.9 Å². The Balaban J connectivity index is 1.22. The Morgan fingerprint density at radius 3 is 0.973 bits per heavy atom. The first-order valence-corrected chi connectivity index (χ1v) is 24.7. The largest absolute Gasteiger partial charge is 0.491 e. The van der Waals surface area contributed by atoms with Gasteiger partial charge in [0.05, 0.1) is 52.5 Å². The van der Waals surface area contributed by atoms with Gasteiger partial charge < -0.3 is 27.9 Å². The van der Waals surface area contributed by atoms with E-state index in [-0.39, 0.29) is 87.0 Å². The second-order valence-corrected chi connectivity index (χ2v) is 18.2. The number of ether oxygens (including phenoxy) is 3. The van der Waals surface area contributed by atoms with Crippen LogP contribution in [0.5, 0.6) is 17.2 Å². The molecule has 0 fully saturated rings. The van der Waals surface area contributed by atoms with Crippen molar-refractivity contribution in [2.24, 2.45) is 0 Å². The van der Waals surface area contributed by atoms with Crippen molar-refractivity contribution in [2.45, 2.75) is 60.2 Å². The average Bonchev–Trinajstić information content (AvgIpc) is 3.42. The molecule has 0 aliphatic rings. The molecule has 0 atom stereocenters. The number of pyridine rings is 3. The standard InChI is InChI=1S/C51H45F3N9O10P/c1-4-13-68-40-10-7-37(52)43-46(40)61(22-34(49(43)64)31-16-55-25-56-17-31)28-71-74(67,72-29-62-23-35(32-18-57-26-58-19-32)50(65)44-38(53)8-11-41(47(44)62)69-14-5-2)73-30-63-24-36(33-20-59-27-60-21-33)51(66)45-39(54)9-12-42(48(45)63)70-15-6-3/h7-12,16-27H,4-6,13-15,28-30H2,1-3H3. The van der Waals surface area contributed by atoms with Gasteiger partial charge in [0.15, 0.2) is 16.3 Å². The maximum Gasteiger partial charge on any atom is 0.480 e. The van der Waals surface area contributed by atoms with Crippen molar-refractivity contribution in [1.82, 2.24) is 43.6 Å². The third-order valence-corrected chi connectivity index (χ3v) is 12.8. The van der Waals surface area contributed by atoms with E-state index in [0.29, 0.717) is 19.3 Å². The van der Waals surface area contributed by atoms with Crippen molar-refractivity contribution < 1.29 is 45.5 Å². The summed E-state index contributed by atoms with van der Waals surface area (Å²) < 4.78 is 104. The molecular formula is C51H45F3N9O10P. The molecule has 0 aliphatic carbocycles. The van der Waals surface area contributed by atoms with Gasteiger partial charge in [0, 0.05) is 89.2 Å². The molecule has 9 aromatic rings. The van der Waals surface area contributed by atoms with Gasteiger partial charge >= 0.3 is 7.82 Å². The van der Waals surface area contributed by atoms with E-state index in [1.165, 1.54) is 107 Å². The number of benzene rings is 3. The van der Waals surface area contributed by atoms with Crippen LogP contribution < -0.4 is 30.5 Å². The number of fused-ring (bicyclic) bond motifs is 3. The third-order valence-electron chi connectivity index (χ3n) is 11.5. The molecule has 3 aromatic carbocycles. The smallest absolute Gasteiger partial charge is 0.480 e. The van der Waals surface area contributed by atoms with E-state index in [9.17, 15) is 14.4 Å². The number of nitrogens with zero attached hydrogens (tertiary/aromatic N) is 9. The highest BCUT2D eigenvalue weighted by Crippen LogP contribution is 2.51. The summed E-state index contributed by atoms with van der Waals surface area (Å²) in [6.07, 6.45) is 17.4. The first-order chi connectivity index (χ1) is 35.9. The molecule has 0 spiro atoms. The molecule has 6 aromatic heterocycles. The number of rotatable bonds is 21. The van der Waals surface area contributed by atoms with Crippen molar-refractivity contribution in [2.75, 3.05) is 19.8 Å². The van der Waals surface area contributed by atoms with Gasteiger partial charge in [-0.3, -0.25) is 28.0 Å². The zero-order valence-corrected chi connectivity index (χ0v) is 40.8. The fourth-order valence-corrected chi connectivity index (χ4v) is 9.14. The van der Waals surface area contributed by atoms with E-state index in [2.05, 4.69) is 29.9 Å². The van der Waals surface area contributed by atoms with Crippen LogP contribution in [0.3, 0.4) is 0 Å². The molecule has 23 heteroatoms. The summed E-state index contributed by atoms with van der Waals surface area (Å²) >= 11 is 0. The summed E-state index contributed by atoms with van der Waals surface area (Å²) in [5.41, 5.74) is -2.05. The predicted octanol–water partition coefficient (Wildman–Crippen LogP) is 9.22. The Morgan fingerprint density at radius 2 is 0.716 bits per heavy atom. The molecule has 380 valence electrons. The Hall–Kier alpha value is -8.17. The molecular weight excluding hydrogens is 987 g/mol. The summed E-state index contributed by atoms with van der Waals surface area (Å²) in [4.78, 5) is 66.6. The van der Waals surface area contributed by atoms with Gasteiger partial charge in [0.1, 0.15) is 73.9 Å². The van der Waals surface area contributed by atoms with Gasteiger partial charge in [-0.05, 0) is 55.7 Å². The van der Waals surface area contributed by atoms with E-state index in [1.54, 1.807) is 0 Å². The Morgan fingerprint density at radius 1 is 0.446 bits per heavy atom. The number of hydrogen-bond donors (Lipinski definition) is 0. The first kappa shape index (κ1) is 50.8. The molecule has 0 aliphatic heterocycles. The summed E-state index contributed by atoms with van der Waals surface area (Å²) in [7, 11) is -5.17. The molecule has 6 heterocycles. The molecule has 0 bridgehead atoms. The lowest BCUT2D eigenvalue weighted by Gasteiger charge is -2.24. The number of hydrogen-bond acceptors (Lipinski definition) is 16. The molecule has 0 radical (unpaired) electrons. The lowest BCUT2D eigenvalue weighted by atomic mass is 10.1. The fourth-order valence-electron chi connectivity index (χ4n) is 8.12. The minimum atomic E-state index is -5.17. The third kappa shape index (κ3) is 10.2. The summed E-state index contributed by atoms with van der Waals surface area (Å²) in [5, 5.41) is -1.21. The predicted molar refractivity (Wildman–Crippen MR) is 266 cm³/mol. The van der Waals surface area contributed by atoms with Crippen LogP contribution in [0.25, 0.3) is 66.1 Å². The van der Waals surface area contributed by atoms with Crippen LogP contribution in [0.4, 0.5) is 13.2 Å². The summed E-state index contributed by atoms with van der Waals surface area (Å²) in [6, 6.07) is 7.26. The quantitative estimate of drug-likeness (QED) is 0.0613. The lowest BCUT2D eigenvalue weighted by molar-refractivity contribution is 0.0560. The van der Waals surface area contributed by atoms with Crippen LogP contribution in [-0.2, 0) is 38.3 Å². The zero-order chi connectivity index (χ0) is 51.9. The maximum absolute atomic E-state index is 16.0. The molecule has 9 rings (SSSR count). The average molecular weight is 1030 g/mol. The van der Waals surface area contributed by atoms with E-state index in [0.717, 1.165) is 18.2 Å². The Labute approximate surface area is 418 Å². The molecule has 0 amide bonds. The van der Waals surface area contributed by atoms with E-state index in [4.69, 9.17) is 27.8 Å². The molecule has 19 nitrogen and oxygen atoms in total. The Kier molecular flexibility index (Phi) is 15.3. The van der Waals surface area contributed by atoms with Crippen LogP contribution in [0.2, 0.25) is 0 Å². The highest BCUT2D eigenvalue weighted by Gasteiger charge is 2.31. The first-order valence-electron chi connectivity index (χ1n) is 23.2. The summed E-state index contributed by atoms with van der Waals surface area (Å²) in [5.74, 6) is -2.49.